The highest BCUT2D eigenvalue weighted by molar-refractivity contribution is 9.10. The van der Waals surface area contributed by atoms with Crippen LogP contribution < -0.4 is 5.32 Å². The minimum Gasteiger partial charge on any atom is -0.466 e. The van der Waals surface area contributed by atoms with Crippen molar-refractivity contribution in [1.29, 1.82) is 0 Å². The molecule has 0 saturated carbocycles. The number of nitrogens with one attached hydrogen (secondary N) is 1. The van der Waals surface area contributed by atoms with Gasteiger partial charge in [0.25, 0.3) is 5.91 Å². The van der Waals surface area contributed by atoms with Crippen molar-refractivity contribution in [2.75, 3.05) is 13.2 Å². The van der Waals surface area contributed by atoms with Gasteiger partial charge in [-0.15, -0.1) is 0 Å². The second kappa shape index (κ2) is 13.9. The molecule has 0 aliphatic rings. The second-order valence-electron chi connectivity index (χ2n) is 6.21. The van der Waals surface area contributed by atoms with Crippen LogP contribution in [0.2, 0.25) is 0 Å². The number of halogens is 1. The number of hydrogen-bond acceptors (Lipinski definition) is 3. The maximum atomic E-state index is 11.9. The number of amides is 1. The molecule has 0 fully saturated rings. The minimum absolute atomic E-state index is 0.183. The molecule has 0 bridgehead atoms. The summed E-state index contributed by atoms with van der Waals surface area (Å²) in [5.74, 6) is -0.435. The van der Waals surface area contributed by atoms with E-state index in [9.17, 15) is 9.59 Å². The van der Waals surface area contributed by atoms with Crippen molar-refractivity contribution < 1.29 is 14.3 Å². The highest BCUT2D eigenvalue weighted by Crippen LogP contribution is 2.11. The van der Waals surface area contributed by atoms with Gasteiger partial charge in [-0.1, -0.05) is 73.9 Å². The highest BCUT2D eigenvalue weighted by atomic mass is 79.9. The van der Waals surface area contributed by atoms with Crippen LogP contribution in [0.4, 0.5) is 0 Å². The Bertz CT molecular complexity index is 519. The molecule has 0 heterocycles. The molecule has 0 aliphatic heterocycles. The molecule has 1 rings (SSSR count). The largest absolute Gasteiger partial charge is 0.466 e. The molecule has 5 heteroatoms. The molecule has 1 amide bonds. The molecular weight excluding hydrogens is 382 g/mol. The molecule has 1 N–H and O–H groups in total. The van der Waals surface area contributed by atoms with E-state index in [1.165, 1.54) is 38.5 Å². The van der Waals surface area contributed by atoms with Crippen LogP contribution in [0.25, 0.3) is 0 Å². The van der Waals surface area contributed by atoms with Crippen LogP contribution in [0.1, 0.15) is 75.1 Å². The van der Waals surface area contributed by atoms with E-state index < -0.39 is 0 Å². The summed E-state index contributed by atoms with van der Waals surface area (Å²) in [7, 11) is 0. The number of hydrogen-bond donors (Lipinski definition) is 1. The van der Waals surface area contributed by atoms with Gasteiger partial charge in [0.05, 0.1) is 13.0 Å². The van der Waals surface area contributed by atoms with Crippen molar-refractivity contribution in [3.8, 4) is 0 Å². The molecule has 0 spiro atoms. The third-order valence-corrected chi connectivity index (χ3v) is 4.46. The molecule has 4 nitrogen and oxygen atoms in total. The van der Waals surface area contributed by atoms with E-state index in [0.717, 1.165) is 17.3 Å². The van der Waals surface area contributed by atoms with Gasteiger partial charge in [-0.05, 0) is 24.6 Å². The Morgan fingerprint density at radius 2 is 1.72 bits per heavy atom. The zero-order valence-electron chi connectivity index (χ0n) is 15.2. The van der Waals surface area contributed by atoms with Crippen molar-refractivity contribution in [2.45, 2.75) is 64.7 Å². The third-order valence-electron chi connectivity index (χ3n) is 3.96. The zero-order valence-corrected chi connectivity index (χ0v) is 16.8. The lowest BCUT2D eigenvalue weighted by Gasteiger charge is -2.07. The van der Waals surface area contributed by atoms with E-state index in [2.05, 4.69) is 28.2 Å². The highest BCUT2D eigenvalue weighted by Gasteiger charge is 2.07. The van der Waals surface area contributed by atoms with Crippen LogP contribution >= 0.6 is 15.9 Å². The van der Waals surface area contributed by atoms with E-state index in [1.807, 2.05) is 6.07 Å². The van der Waals surface area contributed by atoms with Crippen molar-refractivity contribution in [1.82, 2.24) is 5.32 Å². The normalized spacial score (nSPS) is 10.5. The molecule has 0 aromatic heterocycles. The van der Waals surface area contributed by atoms with Crippen molar-refractivity contribution >= 4 is 27.8 Å². The Morgan fingerprint density at radius 1 is 1.04 bits per heavy atom. The van der Waals surface area contributed by atoms with Gasteiger partial charge in [0.2, 0.25) is 0 Å². The van der Waals surface area contributed by atoms with Crippen LogP contribution in [-0.2, 0) is 9.53 Å². The maximum absolute atomic E-state index is 11.9. The van der Waals surface area contributed by atoms with Crippen LogP contribution in [0.5, 0.6) is 0 Å². The Morgan fingerprint density at radius 3 is 2.40 bits per heavy atom. The van der Waals surface area contributed by atoms with Gasteiger partial charge in [0.15, 0.2) is 0 Å². The smallest absolute Gasteiger partial charge is 0.307 e. The topological polar surface area (TPSA) is 55.4 Å². The maximum Gasteiger partial charge on any atom is 0.307 e. The number of carbonyl (C=O) groups is 2. The minimum atomic E-state index is -0.252. The fourth-order valence-corrected chi connectivity index (χ4v) is 2.90. The number of benzene rings is 1. The first-order valence-corrected chi connectivity index (χ1v) is 10.1. The zero-order chi connectivity index (χ0) is 18.3. The molecule has 0 aliphatic carbocycles. The number of esters is 1. The number of ether oxygens (including phenoxy) is 1. The van der Waals surface area contributed by atoms with E-state index >= 15 is 0 Å². The third kappa shape index (κ3) is 11.0. The average Bonchev–Trinajstić information content (AvgIpc) is 2.60. The fourth-order valence-electron chi connectivity index (χ4n) is 2.50. The van der Waals surface area contributed by atoms with Gasteiger partial charge >= 0.3 is 5.97 Å². The van der Waals surface area contributed by atoms with Gasteiger partial charge < -0.3 is 10.1 Å². The first kappa shape index (κ1) is 21.7. The summed E-state index contributed by atoms with van der Waals surface area (Å²) in [5.41, 5.74) is 0.571. The van der Waals surface area contributed by atoms with Gasteiger partial charge in [-0.2, -0.15) is 0 Å². The van der Waals surface area contributed by atoms with Gasteiger partial charge in [-0.3, -0.25) is 9.59 Å². The molecule has 25 heavy (non-hydrogen) atoms. The summed E-state index contributed by atoms with van der Waals surface area (Å²) in [6, 6.07) is 7.15. The summed E-state index contributed by atoms with van der Waals surface area (Å²) in [6.45, 7) is 3.00. The molecule has 0 radical (unpaired) electrons. The SMILES string of the molecule is CCCCCCCCCCOC(=O)CCNC(=O)c1cccc(Br)c1. The first-order chi connectivity index (χ1) is 12.1. The van der Waals surface area contributed by atoms with Crippen molar-refractivity contribution in [3.05, 3.63) is 34.3 Å². The summed E-state index contributed by atoms with van der Waals surface area (Å²) in [5, 5.41) is 2.73. The Hall–Kier alpha value is -1.36. The lowest BCUT2D eigenvalue weighted by molar-refractivity contribution is -0.143. The number of carbonyl (C=O) groups excluding carboxylic acids is 2. The summed E-state index contributed by atoms with van der Waals surface area (Å²) >= 11 is 3.33. The lowest BCUT2D eigenvalue weighted by Crippen LogP contribution is -2.26. The van der Waals surface area contributed by atoms with Crippen LogP contribution in [-0.4, -0.2) is 25.0 Å². The number of rotatable bonds is 13. The quantitative estimate of drug-likeness (QED) is 0.356. The molecule has 0 saturated heterocycles. The van der Waals surface area contributed by atoms with Gasteiger partial charge in [0.1, 0.15) is 0 Å². The lowest BCUT2D eigenvalue weighted by atomic mass is 10.1. The fraction of sp³-hybridized carbons (Fsp3) is 0.600. The first-order valence-electron chi connectivity index (χ1n) is 9.33. The predicted octanol–water partition coefficient (Wildman–Crippen LogP) is 5.25. The van der Waals surface area contributed by atoms with E-state index in [-0.39, 0.29) is 18.3 Å². The molecule has 0 unspecified atom stereocenters. The summed E-state index contributed by atoms with van der Waals surface area (Å²) < 4.78 is 6.05. The predicted molar refractivity (Wildman–Crippen MR) is 105 cm³/mol. The van der Waals surface area contributed by atoms with E-state index in [1.54, 1.807) is 18.2 Å². The van der Waals surface area contributed by atoms with Gasteiger partial charge in [0, 0.05) is 16.6 Å². The van der Waals surface area contributed by atoms with E-state index in [4.69, 9.17) is 4.74 Å². The Balaban J connectivity index is 1.99. The standard InChI is InChI=1S/C20H30BrNO3/c1-2-3-4-5-6-7-8-9-15-25-19(23)13-14-22-20(24)17-11-10-12-18(21)16-17/h10-12,16H,2-9,13-15H2,1H3,(H,22,24). The second-order valence-corrected chi connectivity index (χ2v) is 7.13. The van der Waals surface area contributed by atoms with Crippen LogP contribution in [0, 0.1) is 0 Å². The van der Waals surface area contributed by atoms with Crippen molar-refractivity contribution in [2.24, 2.45) is 0 Å². The molecule has 140 valence electrons. The Labute approximate surface area is 159 Å². The molecule has 1 aromatic rings. The average molecular weight is 412 g/mol. The summed E-state index contributed by atoms with van der Waals surface area (Å²) in [4.78, 5) is 23.6. The molecule has 1 aromatic carbocycles. The molecule has 0 atom stereocenters. The van der Waals surface area contributed by atoms with Crippen LogP contribution in [0.3, 0.4) is 0 Å². The Kier molecular flexibility index (Phi) is 12.0. The van der Waals surface area contributed by atoms with Crippen LogP contribution in [0.15, 0.2) is 28.7 Å². The van der Waals surface area contributed by atoms with Gasteiger partial charge in [-0.25, -0.2) is 0 Å². The van der Waals surface area contributed by atoms with E-state index in [0.29, 0.717) is 18.7 Å². The van der Waals surface area contributed by atoms with Crippen molar-refractivity contribution in [3.63, 3.8) is 0 Å². The monoisotopic (exact) mass is 411 g/mol. The molecular formula is C20H30BrNO3. The summed E-state index contributed by atoms with van der Waals surface area (Å²) in [6.07, 6.45) is 9.97. The number of unbranched alkanes of at least 4 members (excludes halogenated alkanes) is 7.